The average molecular weight is 307 g/mol. The van der Waals surface area contributed by atoms with Crippen LogP contribution in [0.4, 0.5) is 5.69 Å². The Balaban J connectivity index is 2.11. The zero-order valence-corrected chi connectivity index (χ0v) is 12.2. The van der Waals surface area contributed by atoms with Crippen LogP contribution in [0.25, 0.3) is 0 Å². The maximum atomic E-state index is 12.4. The molecule has 1 N–H and O–H groups in total. The minimum Gasteiger partial charge on any atom is -0.361 e. The van der Waals surface area contributed by atoms with E-state index in [2.05, 4.69) is 5.32 Å². The highest BCUT2D eigenvalue weighted by Crippen LogP contribution is 2.38. The number of anilines is 1. The van der Waals surface area contributed by atoms with Crippen molar-refractivity contribution in [1.29, 1.82) is 0 Å². The Morgan fingerprint density at radius 3 is 2.40 bits per heavy atom. The molecule has 102 valence electrons. The van der Waals surface area contributed by atoms with Gasteiger partial charge >= 0.3 is 0 Å². The van der Waals surface area contributed by atoms with E-state index in [9.17, 15) is 4.79 Å². The number of hydrogen-bond acceptors (Lipinski definition) is 2. The fraction of sp³-hybridized carbons (Fsp3) is 0.133. The van der Waals surface area contributed by atoms with E-state index < -0.39 is 0 Å². The highest BCUT2D eigenvalue weighted by molar-refractivity contribution is 6.36. The Labute approximate surface area is 127 Å². The molecule has 0 saturated carbocycles. The second kappa shape index (κ2) is 5.00. The summed E-state index contributed by atoms with van der Waals surface area (Å²) in [5.41, 5.74) is 2.15. The monoisotopic (exact) mass is 306 g/mol. The molecule has 0 spiro atoms. The third-order valence-electron chi connectivity index (χ3n) is 3.43. The molecule has 0 radical (unpaired) electrons. The molecule has 0 aromatic heterocycles. The van der Waals surface area contributed by atoms with Crippen molar-refractivity contribution in [3.63, 3.8) is 0 Å². The van der Waals surface area contributed by atoms with Crippen LogP contribution in [0.5, 0.6) is 0 Å². The smallest absolute Gasteiger partial charge is 0.257 e. The largest absolute Gasteiger partial charge is 0.361 e. The van der Waals surface area contributed by atoms with Crippen molar-refractivity contribution >= 4 is 34.8 Å². The van der Waals surface area contributed by atoms with Gasteiger partial charge in [0.1, 0.15) is 6.17 Å². The molecule has 0 bridgehead atoms. The van der Waals surface area contributed by atoms with Crippen LogP contribution in [-0.4, -0.2) is 17.9 Å². The summed E-state index contributed by atoms with van der Waals surface area (Å²) < 4.78 is 0. The van der Waals surface area contributed by atoms with Gasteiger partial charge < -0.3 is 10.2 Å². The highest BCUT2D eigenvalue weighted by atomic mass is 35.5. The number of halogens is 2. The summed E-state index contributed by atoms with van der Waals surface area (Å²) in [4.78, 5) is 14.0. The molecule has 20 heavy (non-hydrogen) atoms. The molecule has 3 nitrogen and oxygen atoms in total. The van der Waals surface area contributed by atoms with Gasteiger partial charge in [0.2, 0.25) is 0 Å². The lowest BCUT2D eigenvalue weighted by Crippen LogP contribution is -2.40. The number of rotatable bonds is 1. The number of fused-ring (bicyclic) bond motifs is 1. The molecule has 2 aromatic carbocycles. The first kappa shape index (κ1) is 13.3. The van der Waals surface area contributed by atoms with E-state index in [4.69, 9.17) is 23.2 Å². The van der Waals surface area contributed by atoms with Crippen molar-refractivity contribution < 1.29 is 4.79 Å². The quantitative estimate of drug-likeness (QED) is 0.857. The van der Waals surface area contributed by atoms with Gasteiger partial charge in [-0.3, -0.25) is 4.79 Å². The van der Waals surface area contributed by atoms with E-state index in [0.717, 1.165) is 5.69 Å². The number of benzene rings is 2. The molecule has 0 aliphatic carbocycles. The van der Waals surface area contributed by atoms with E-state index >= 15 is 0 Å². The zero-order valence-electron chi connectivity index (χ0n) is 10.7. The van der Waals surface area contributed by atoms with E-state index in [-0.39, 0.29) is 12.1 Å². The molecule has 0 fully saturated rings. The summed E-state index contributed by atoms with van der Waals surface area (Å²) in [5.74, 6) is -0.0552. The van der Waals surface area contributed by atoms with Crippen LogP contribution in [0.2, 0.25) is 10.0 Å². The third kappa shape index (κ3) is 2.03. The van der Waals surface area contributed by atoms with Crippen LogP contribution in [-0.2, 0) is 0 Å². The Hall–Kier alpha value is -1.71. The molecule has 2 aromatic rings. The lowest BCUT2D eigenvalue weighted by molar-refractivity contribution is 0.0735. The van der Waals surface area contributed by atoms with E-state index in [1.54, 1.807) is 36.2 Å². The van der Waals surface area contributed by atoms with Gasteiger partial charge in [-0.15, -0.1) is 0 Å². The van der Waals surface area contributed by atoms with E-state index in [1.807, 2.05) is 18.2 Å². The van der Waals surface area contributed by atoms with E-state index in [0.29, 0.717) is 21.2 Å². The number of carbonyl (C=O) groups excluding carboxylic acids is 1. The standard InChI is InChI=1S/C15H12Cl2N2O/c1-19-14(13-10(16)6-4-7-11(13)17)18-12-8-3-2-5-9(12)15(19)20/h2-8,14,18H,1H3. The number of carbonyl (C=O) groups is 1. The molecule has 1 aliphatic heterocycles. The topological polar surface area (TPSA) is 32.3 Å². The Bertz CT molecular complexity index is 667. The summed E-state index contributed by atoms with van der Waals surface area (Å²) in [7, 11) is 1.73. The Morgan fingerprint density at radius 2 is 1.70 bits per heavy atom. The van der Waals surface area contributed by atoms with Gasteiger partial charge in [-0.05, 0) is 24.3 Å². The number of amides is 1. The zero-order chi connectivity index (χ0) is 14.3. The predicted octanol–water partition coefficient (Wildman–Crippen LogP) is 4.19. The summed E-state index contributed by atoms with van der Waals surface area (Å²) >= 11 is 12.5. The molecular formula is C15H12Cl2N2O. The van der Waals surface area contributed by atoms with Crippen LogP contribution in [0.15, 0.2) is 42.5 Å². The molecule has 5 heteroatoms. The maximum absolute atomic E-state index is 12.4. The maximum Gasteiger partial charge on any atom is 0.257 e. The molecule has 1 unspecified atom stereocenters. The normalized spacial score (nSPS) is 17.6. The van der Waals surface area contributed by atoms with Crippen LogP contribution in [0.1, 0.15) is 22.1 Å². The predicted molar refractivity (Wildman–Crippen MR) is 81.4 cm³/mol. The van der Waals surface area contributed by atoms with Gasteiger partial charge in [0.25, 0.3) is 5.91 Å². The van der Waals surface area contributed by atoms with Crippen molar-refractivity contribution in [3.8, 4) is 0 Å². The third-order valence-corrected chi connectivity index (χ3v) is 4.09. The molecule has 0 saturated heterocycles. The molecule has 1 amide bonds. The van der Waals surface area contributed by atoms with Crippen molar-refractivity contribution in [2.45, 2.75) is 6.17 Å². The second-order valence-electron chi connectivity index (χ2n) is 4.64. The summed E-state index contributed by atoms with van der Waals surface area (Å²) in [6, 6.07) is 12.7. The first-order chi connectivity index (χ1) is 9.59. The lowest BCUT2D eigenvalue weighted by atomic mass is 10.0. The van der Waals surface area contributed by atoms with Gasteiger partial charge in [-0.2, -0.15) is 0 Å². The number of nitrogens with zero attached hydrogens (tertiary/aromatic N) is 1. The minimum absolute atomic E-state index is 0.0552. The number of nitrogens with one attached hydrogen (secondary N) is 1. The summed E-state index contributed by atoms with van der Waals surface area (Å²) in [5, 5.41) is 4.38. The Kier molecular flexibility index (Phi) is 3.32. The van der Waals surface area contributed by atoms with Gasteiger partial charge in [-0.25, -0.2) is 0 Å². The van der Waals surface area contributed by atoms with Gasteiger partial charge in [0.15, 0.2) is 0 Å². The van der Waals surface area contributed by atoms with Gasteiger partial charge in [0.05, 0.1) is 5.56 Å². The fourth-order valence-electron chi connectivity index (χ4n) is 2.38. The van der Waals surface area contributed by atoms with Crippen LogP contribution >= 0.6 is 23.2 Å². The second-order valence-corrected chi connectivity index (χ2v) is 5.46. The SMILES string of the molecule is CN1C(=O)c2ccccc2NC1c1c(Cl)cccc1Cl. The van der Waals surface area contributed by atoms with Gasteiger partial charge in [-0.1, -0.05) is 41.4 Å². The summed E-state index contributed by atoms with van der Waals surface area (Å²) in [6.07, 6.45) is -0.376. The number of hydrogen-bond donors (Lipinski definition) is 1. The molecular weight excluding hydrogens is 295 g/mol. The highest BCUT2D eigenvalue weighted by Gasteiger charge is 2.32. The fourth-order valence-corrected chi connectivity index (χ4v) is 2.99. The molecule has 1 heterocycles. The molecule has 1 atom stereocenters. The molecule has 3 rings (SSSR count). The van der Waals surface area contributed by atoms with Gasteiger partial charge in [0, 0.05) is 28.3 Å². The lowest BCUT2D eigenvalue weighted by Gasteiger charge is -2.36. The first-order valence-corrected chi connectivity index (χ1v) is 6.92. The van der Waals surface area contributed by atoms with Crippen LogP contribution in [0, 0.1) is 0 Å². The first-order valence-electron chi connectivity index (χ1n) is 6.16. The molecule has 1 aliphatic rings. The van der Waals surface area contributed by atoms with E-state index in [1.165, 1.54) is 0 Å². The minimum atomic E-state index is -0.376. The van der Waals surface area contributed by atoms with Crippen molar-refractivity contribution in [3.05, 3.63) is 63.6 Å². The van der Waals surface area contributed by atoms with Crippen molar-refractivity contribution in [2.75, 3.05) is 12.4 Å². The van der Waals surface area contributed by atoms with Crippen LogP contribution in [0.3, 0.4) is 0 Å². The average Bonchev–Trinajstić information content (AvgIpc) is 2.44. The van der Waals surface area contributed by atoms with Crippen molar-refractivity contribution in [1.82, 2.24) is 4.90 Å². The Morgan fingerprint density at radius 1 is 1.05 bits per heavy atom. The van der Waals surface area contributed by atoms with Crippen LogP contribution < -0.4 is 5.32 Å². The van der Waals surface area contributed by atoms with Crippen molar-refractivity contribution in [2.24, 2.45) is 0 Å². The summed E-state index contributed by atoms with van der Waals surface area (Å²) in [6.45, 7) is 0. The number of para-hydroxylation sites is 1.